The van der Waals surface area contributed by atoms with Crippen LogP contribution in [0.3, 0.4) is 0 Å². The van der Waals surface area contributed by atoms with Gasteiger partial charge in [-0.1, -0.05) is 335 Å². The standard InChI is InChI=1S/C41H29N3.C38H23N3O.C33H20N4O/c1-41(2)34-17-9-6-14-29(34)32-24-33-30-15-8-11-19-37(30)44(38(33)25-35(32)41)40-42-36-18-10-7-16-31(36)39(43-40)28-22-20-27(21-23-28)26-12-4-3-5-13-26;1-2-10-24(11-3-1)25-18-20-26(21-19-25)36-29-13-4-7-15-31(29)39-38(40-36)41-32-16-8-5-14-30(32)35-33(41)23-22-28-27-12-6-9-17-34(27)42-37(28)35;1-3-11-21(12-4-1)31-34-32(22-13-5-2-6-14-22)36-33(35-31)37-26-17-9-7-16-25(26)29-27(37)20-19-24-23-15-8-10-18-28(23)38-30(24)29/h3-25H,1-2H3;1-23H;1-20H. The number of rotatable bonds is 9. The molecule has 0 atom stereocenters. The van der Waals surface area contributed by atoms with Crippen molar-refractivity contribution in [3.05, 3.63) is 412 Å². The van der Waals surface area contributed by atoms with Crippen LogP contribution in [0.1, 0.15) is 25.0 Å². The van der Waals surface area contributed by atoms with Gasteiger partial charge in [-0.25, -0.2) is 24.9 Å². The van der Waals surface area contributed by atoms with Gasteiger partial charge in [-0.05, 0) is 123 Å². The van der Waals surface area contributed by atoms with Crippen LogP contribution in [0, 0.1) is 0 Å². The smallest absolute Gasteiger partial charge is 0.238 e. The van der Waals surface area contributed by atoms with Crippen molar-refractivity contribution in [3.63, 3.8) is 0 Å². The Labute approximate surface area is 711 Å². The summed E-state index contributed by atoms with van der Waals surface area (Å²) in [5.74, 6) is 3.15. The van der Waals surface area contributed by atoms with Crippen molar-refractivity contribution in [1.29, 1.82) is 0 Å². The predicted octanol–water partition coefficient (Wildman–Crippen LogP) is 28.5. The number of hydrogen-bond donors (Lipinski definition) is 0. The molecule has 8 heterocycles. The Bertz CT molecular complexity index is 8510. The van der Waals surface area contributed by atoms with E-state index < -0.39 is 0 Å². The highest BCUT2D eigenvalue weighted by Crippen LogP contribution is 2.52. The number of benzene rings is 17. The Morgan fingerprint density at radius 1 is 0.218 bits per heavy atom. The molecule has 0 bridgehead atoms. The van der Waals surface area contributed by atoms with Crippen LogP contribution in [-0.2, 0) is 5.41 Å². The highest BCUT2D eigenvalue weighted by atomic mass is 16.3. The fourth-order valence-corrected chi connectivity index (χ4v) is 18.8. The molecule has 8 aromatic heterocycles. The topological polar surface area (TPSA) is 131 Å². The Morgan fingerprint density at radius 3 is 1.05 bits per heavy atom. The van der Waals surface area contributed by atoms with E-state index in [-0.39, 0.29) is 5.41 Å². The minimum Gasteiger partial charge on any atom is -0.455 e. The van der Waals surface area contributed by atoms with Crippen LogP contribution < -0.4 is 0 Å². The summed E-state index contributed by atoms with van der Waals surface area (Å²) in [7, 11) is 0. The average molecular weight is 1590 g/mol. The molecule has 17 aromatic carbocycles. The summed E-state index contributed by atoms with van der Waals surface area (Å²) in [6.45, 7) is 4.67. The lowest BCUT2D eigenvalue weighted by Crippen LogP contribution is -2.15. The maximum atomic E-state index is 6.48. The van der Waals surface area contributed by atoms with E-state index in [0.29, 0.717) is 29.5 Å². The first-order chi connectivity index (χ1) is 61.3. The second kappa shape index (κ2) is 28.9. The van der Waals surface area contributed by atoms with Crippen molar-refractivity contribution in [2.45, 2.75) is 19.3 Å². The Kier molecular flexibility index (Phi) is 16.7. The molecule has 25 aromatic rings. The van der Waals surface area contributed by atoms with E-state index in [1.807, 2.05) is 115 Å². The highest BCUT2D eigenvalue weighted by Gasteiger charge is 2.37. The Morgan fingerprint density at radius 2 is 0.573 bits per heavy atom. The van der Waals surface area contributed by atoms with E-state index in [1.54, 1.807) is 0 Å². The van der Waals surface area contributed by atoms with Crippen LogP contribution in [0.5, 0.6) is 0 Å². The maximum Gasteiger partial charge on any atom is 0.238 e. The van der Waals surface area contributed by atoms with Gasteiger partial charge in [0.15, 0.2) is 11.6 Å². The lowest BCUT2D eigenvalue weighted by Gasteiger charge is -2.21. The molecule has 0 amide bonds. The molecule has 0 spiro atoms. The number of fused-ring (bicyclic) bond motifs is 22. The number of para-hydroxylation sites is 7. The van der Waals surface area contributed by atoms with E-state index in [0.717, 1.165) is 154 Å². The first-order valence-electron chi connectivity index (χ1n) is 41.8. The van der Waals surface area contributed by atoms with Gasteiger partial charge in [0, 0.05) is 81.5 Å². The van der Waals surface area contributed by atoms with Gasteiger partial charge in [0.25, 0.3) is 0 Å². The van der Waals surface area contributed by atoms with Gasteiger partial charge in [0.05, 0.1) is 66.3 Å². The fraction of sp³-hybridized carbons (Fsp3) is 0.0268. The quantitative estimate of drug-likeness (QED) is 0.139. The van der Waals surface area contributed by atoms with Crippen molar-refractivity contribution in [1.82, 2.24) is 48.6 Å². The second-order valence-electron chi connectivity index (χ2n) is 32.2. The van der Waals surface area contributed by atoms with Crippen molar-refractivity contribution in [2.75, 3.05) is 0 Å². The summed E-state index contributed by atoms with van der Waals surface area (Å²) in [5.41, 5.74) is 27.5. The van der Waals surface area contributed by atoms with Crippen molar-refractivity contribution < 1.29 is 8.83 Å². The summed E-state index contributed by atoms with van der Waals surface area (Å²) in [6, 6.07) is 139. The van der Waals surface area contributed by atoms with Gasteiger partial charge in [0.2, 0.25) is 17.8 Å². The third-order valence-electron chi connectivity index (χ3n) is 24.7. The Hall–Kier alpha value is -16.6. The third-order valence-corrected chi connectivity index (χ3v) is 24.7. The zero-order chi connectivity index (χ0) is 82.1. The molecule has 1 aliphatic rings. The first kappa shape index (κ1) is 71.5. The van der Waals surface area contributed by atoms with Crippen molar-refractivity contribution in [3.8, 4) is 96.5 Å². The lowest BCUT2D eigenvalue weighted by atomic mass is 9.82. The van der Waals surface area contributed by atoms with E-state index in [1.165, 1.54) is 55.3 Å². The SMILES string of the molecule is CC1(C)c2ccccc2-c2cc3c4ccccc4n(-c4nc(-c5ccc(-c6ccccc6)cc5)c5ccccc5n4)c3cc21.c1ccc(-c2ccc(-c3nc(-n4c5ccccc5c5c6oc7ccccc7c6ccc54)nc4ccccc34)cc2)cc1.c1ccc(-c2nc(-c3ccccc3)nc(-n3c4ccccc4c4c5oc6ccccc6c5ccc43)n2)cc1. The number of furan rings is 2. The van der Waals surface area contributed by atoms with Gasteiger partial charge in [-0.15, -0.1) is 0 Å². The summed E-state index contributed by atoms with van der Waals surface area (Å²) in [4.78, 5) is 35.8. The molecule has 12 heteroatoms. The van der Waals surface area contributed by atoms with Crippen molar-refractivity contribution in [2.24, 2.45) is 0 Å². The van der Waals surface area contributed by atoms with Crippen LogP contribution in [0.15, 0.2) is 409 Å². The zero-order valence-electron chi connectivity index (χ0n) is 67.4. The molecule has 26 rings (SSSR count). The summed E-state index contributed by atoms with van der Waals surface area (Å²) >= 11 is 0. The highest BCUT2D eigenvalue weighted by molar-refractivity contribution is 6.25. The van der Waals surface area contributed by atoms with E-state index in [2.05, 4.69) is 313 Å². The predicted molar refractivity (Wildman–Crippen MR) is 507 cm³/mol. The molecule has 0 aliphatic heterocycles. The molecule has 1 aliphatic carbocycles. The second-order valence-corrected chi connectivity index (χ2v) is 32.2. The van der Waals surface area contributed by atoms with Crippen LogP contribution in [0.25, 0.3) is 228 Å². The molecule has 582 valence electrons. The van der Waals surface area contributed by atoms with Gasteiger partial charge in [-0.2, -0.15) is 9.97 Å². The molecule has 124 heavy (non-hydrogen) atoms. The van der Waals surface area contributed by atoms with E-state index in [9.17, 15) is 0 Å². The number of aromatic nitrogens is 10. The average Bonchev–Trinajstić information content (AvgIpc) is 1.55. The van der Waals surface area contributed by atoms with Gasteiger partial charge in [0.1, 0.15) is 22.3 Å². The maximum absolute atomic E-state index is 6.48. The molecule has 0 radical (unpaired) electrons. The molecule has 12 nitrogen and oxygen atoms in total. The number of nitrogens with zero attached hydrogens (tertiary/aromatic N) is 10. The van der Waals surface area contributed by atoms with Crippen LogP contribution in [0.2, 0.25) is 0 Å². The number of hydrogen-bond acceptors (Lipinski definition) is 9. The zero-order valence-corrected chi connectivity index (χ0v) is 67.4. The first-order valence-corrected chi connectivity index (χ1v) is 41.8. The molecule has 0 unspecified atom stereocenters. The molecule has 0 saturated heterocycles. The molecule has 0 N–H and O–H groups in total. The van der Waals surface area contributed by atoms with Gasteiger partial charge < -0.3 is 8.83 Å². The third kappa shape index (κ3) is 11.7. The summed E-state index contributed by atoms with van der Waals surface area (Å²) in [6.07, 6.45) is 0. The normalized spacial score (nSPS) is 12.3. The van der Waals surface area contributed by atoms with Crippen LogP contribution in [0.4, 0.5) is 0 Å². The van der Waals surface area contributed by atoms with Crippen LogP contribution >= 0.6 is 0 Å². The molecular formula is C112H72N10O2. The largest absolute Gasteiger partial charge is 0.455 e. The van der Waals surface area contributed by atoms with Gasteiger partial charge in [-0.3, -0.25) is 13.7 Å². The van der Waals surface area contributed by atoms with E-state index in [4.69, 9.17) is 43.7 Å². The summed E-state index contributed by atoms with van der Waals surface area (Å²) < 4.78 is 19.5. The van der Waals surface area contributed by atoms with Crippen molar-refractivity contribution >= 4 is 131 Å². The van der Waals surface area contributed by atoms with Gasteiger partial charge >= 0.3 is 0 Å². The monoisotopic (exact) mass is 1590 g/mol. The minimum atomic E-state index is -0.0999. The van der Waals surface area contributed by atoms with E-state index >= 15 is 0 Å². The summed E-state index contributed by atoms with van der Waals surface area (Å²) in [5, 5.41) is 13.3. The fourth-order valence-electron chi connectivity index (χ4n) is 18.8. The molecule has 0 saturated carbocycles. The minimum absolute atomic E-state index is 0.0999. The van der Waals surface area contributed by atoms with Crippen LogP contribution in [-0.4, -0.2) is 48.6 Å². The molecule has 0 fully saturated rings. The molecular weight excluding hydrogens is 1520 g/mol. The Balaban J connectivity index is 0.000000105. The lowest BCUT2D eigenvalue weighted by molar-refractivity contribution is 0.661.